The number of rotatable bonds is 9. The predicted octanol–water partition coefficient (Wildman–Crippen LogP) is 2.71. The first-order valence-corrected chi connectivity index (χ1v) is 6.38. The van der Waals surface area contributed by atoms with Crippen LogP contribution in [0.3, 0.4) is 0 Å². The van der Waals surface area contributed by atoms with Gasteiger partial charge in [-0.25, -0.2) is 9.97 Å². The van der Waals surface area contributed by atoms with Crippen molar-refractivity contribution in [2.45, 2.75) is 51.4 Å². The Labute approximate surface area is 98.5 Å². The summed E-state index contributed by atoms with van der Waals surface area (Å²) in [6.45, 7) is 0.841. The molecule has 0 fully saturated rings. The Hall–Kier alpha value is -0.960. The summed E-state index contributed by atoms with van der Waals surface area (Å²) in [5, 5.41) is 0. The Morgan fingerprint density at radius 3 is 2.25 bits per heavy atom. The maximum atomic E-state index is 5.44. The van der Waals surface area contributed by atoms with Gasteiger partial charge in [0.15, 0.2) is 0 Å². The van der Waals surface area contributed by atoms with Gasteiger partial charge in [-0.05, 0) is 31.9 Å². The topological polar surface area (TPSA) is 51.8 Å². The fourth-order valence-electron chi connectivity index (χ4n) is 1.80. The SMILES string of the molecule is NCCCCCCCCCc1ccncn1. The highest BCUT2D eigenvalue weighted by Crippen LogP contribution is 2.08. The lowest BCUT2D eigenvalue weighted by molar-refractivity contribution is 0.580. The third-order valence-electron chi connectivity index (χ3n) is 2.78. The Bertz CT molecular complexity index is 249. The highest BCUT2D eigenvalue weighted by molar-refractivity contribution is 4.97. The number of nitrogens with two attached hydrogens (primary N) is 1. The molecule has 0 amide bonds. The molecule has 1 aromatic rings. The van der Waals surface area contributed by atoms with Crippen molar-refractivity contribution in [1.29, 1.82) is 0 Å². The number of hydrogen-bond acceptors (Lipinski definition) is 3. The zero-order chi connectivity index (χ0) is 11.5. The lowest BCUT2D eigenvalue weighted by Crippen LogP contribution is -1.97. The fourth-order valence-corrected chi connectivity index (χ4v) is 1.80. The van der Waals surface area contributed by atoms with Crippen molar-refractivity contribution in [3.8, 4) is 0 Å². The normalized spacial score (nSPS) is 10.6. The predicted molar refractivity (Wildman–Crippen MR) is 67.1 cm³/mol. The molecule has 0 aliphatic heterocycles. The van der Waals surface area contributed by atoms with Gasteiger partial charge in [-0.2, -0.15) is 0 Å². The van der Waals surface area contributed by atoms with Crippen LogP contribution in [-0.4, -0.2) is 16.5 Å². The summed E-state index contributed by atoms with van der Waals surface area (Å²) in [6.07, 6.45) is 13.6. The van der Waals surface area contributed by atoms with E-state index >= 15 is 0 Å². The average Bonchev–Trinajstić information content (AvgIpc) is 2.34. The van der Waals surface area contributed by atoms with Crippen molar-refractivity contribution >= 4 is 0 Å². The first-order valence-electron chi connectivity index (χ1n) is 6.38. The molecule has 0 radical (unpaired) electrons. The first kappa shape index (κ1) is 13.1. The number of aryl methyl sites for hydroxylation is 1. The van der Waals surface area contributed by atoms with E-state index in [-0.39, 0.29) is 0 Å². The molecule has 90 valence electrons. The summed E-state index contributed by atoms with van der Waals surface area (Å²) in [4.78, 5) is 8.12. The van der Waals surface area contributed by atoms with E-state index in [9.17, 15) is 0 Å². The summed E-state index contributed by atoms with van der Waals surface area (Å²) in [5.74, 6) is 0. The molecule has 0 aromatic carbocycles. The van der Waals surface area contributed by atoms with Crippen molar-refractivity contribution in [2.75, 3.05) is 6.54 Å². The molecule has 0 atom stereocenters. The molecule has 0 aliphatic rings. The standard InChI is InChI=1S/C13H23N3/c14-10-7-5-3-1-2-4-6-8-13-9-11-15-12-16-13/h9,11-12H,1-8,10,14H2. The first-order chi connectivity index (χ1) is 7.93. The van der Waals surface area contributed by atoms with Gasteiger partial charge in [-0.15, -0.1) is 0 Å². The quantitative estimate of drug-likeness (QED) is 0.652. The van der Waals surface area contributed by atoms with Gasteiger partial charge in [0, 0.05) is 11.9 Å². The molecule has 0 unspecified atom stereocenters. The van der Waals surface area contributed by atoms with Gasteiger partial charge >= 0.3 is 0 Å². The second-order valence-electron chi connectivity index (χ2n) is 4.21. The molecule has 0 spiro atoms. The van der Waals surface area contributed by atoms with Crippen LogP contribution in [0.2, 0.25) is 0 Å². The number of unbranched alkanes of at least 4 members (excludes halogenated alkanes) is 6. The second-order valence-corrected chi connectivity index (χ2v) is 4.21. The summed E-state index contributed by atoms with van der Waals surface area (Å²) in [7, 11) is 0. The molecule has 0 saturated carbocycles. The lowest BCUT2D eigenvalue weighted by atomic mass is 10.1. The summed E-state index contributed by atoms with van der Waals surface area (Å²) < 4.78 is 0. The molecule has 2 N–H and O–H groups in total. The zero-order valence-electron chi connectivity index (χ0n) is 10.1. The van der Waals surface area contributed by atoms with Crippen molar-refractivity contribution < 1.29 is 0 Å². The summed E-state index contributed by atoms with van der Waals surface area (Å²) in [6, 6.07) is 2.00. The van der Waals surface area contributed by atoms with Crippen LogP contribution in [0.25, 0.3) is 0 Å². The highest BCUT2D eigenvalue weighted by Gasteiger charge is 1.94. The van der Waals surface area contributed by atoms with Gasteiger partial charge in [-0.1, -0.05) is 32.1 Å². The zero-order valence-corrected chi connectivity index (χ0v) is 10.1. The molecule has 3 nitrogen and oxygen atoms in total. The van der Waals surface area contributed by atoms with Crippen LogP contribution in [0.5, 0.6) is 0 Å². The maximum Gasteiger partial charge on any atom is 0.115 e. The minimum Gasteiger partial charge on any atom is -0.330 e. The van der Waals surface area contributed by atoms with Gasteiger partial charge in [0.1, 0.15) is 6.33 Å². The summed E-state index contributed by atoms with van der Waals surface area (Å²) in [5.41, 5.74) is 6.61. The van der Waals surface area contributed by atoms with E-state index in [2.05, 4.69) is 9.97 Å². The molecule has 1 aromatic heterocycles. The minimum atomic E-state index is 0.841. The third kappa shape index (κ3) is 6.51. The lowest BCUT2D eigenvalue weighted by Gasteiger charge is -2.01. The van der Waals surface area contributed by atoms with Gasteiger partial charge in [0.25, 0.3) is 0 Å². The van der Waals surface area contributed by atoms with E-state index in [0.29, 0.717) is 0 Å². The van der Waals surface area contributed by atoms with Crippen LogP contribution in [0.1, 0.15) is 50.6 Å². The molecular weight excluding hydrogens is 198 g/mol. The van der Waals surface area contributed by atoms with E-state index in [1.54, 1.807) is 6.33 Å². The van der Waals surface area contributed by atoms with Crippen molar-refractivity contribution in [3.63, 3.8) is 0 Å². The van der Waals surface area contributed by atoms with Gasteiger partial charge in [0.2, 0.25) is 0 Å². The Morgan fingerprint density at radius 2 is 1.62 bits per heavy atom. The van der Waals surface area contributed by atoms with Crippen molar-refractivity contribution in [3.05, 3.63) is 24.3 Å². The Morgan fingerprint density at radius 1 is 0.938 bits per heavy atom. The molecule has 1 heterocycles. The number of aromatic nitrogens is 2. The van der Waals surface area contributed by atoms with E-state index in [1.807, 2.05) is 12.3 Å². The monoisotopic (exact) mass is 221 g/mol. The van der Waals surface area contributed by atoms with E-state index in [1.165, 1.54) is 44.9 Å². The molecule has 0 aliphatic carbocycles. The van der Waals surface area contributed by atoms with Gasteiger partial charge in [0.05, 0.1) is 0 Å². The van der Waals surface area contributed by atoms with Crippen LogP contribution in [0.15, 0.2) is 18.6 Å². The van der Waals surface area contributed by atoms with Crippen LogP contribution in [0, 0.1) is 0 Å². The third-order valence-corrected chi connectivity index (χ3v) is 2.78. The molecule has 3 heteroatoms. The smallest absolute Gasteiger partial charge is 0.115 e. The fraction of sp³-hybridized carbons (Fsp3) is 0.692. The van der Waals surface area contributed by atoms with Crippen molar-refractivity contribution in [1.82, 2.24) is 9.97 Å². The largest absolute Gasteiger partial charge is 0.330 e. The van der Waals surface area contributed by atoms with Crippen LogP contribution in [0.4, 0.5) is 0 Å². The Balaban J connectivity index is 1.89. The molecule has 0 saturated heterocycles. The molecule has 1 rings (SSSR count). The average molecular weight is 221 g/mol. The molecule has 0 bridgehead atoms. The maximum absolute atomic E-state index is 5.44. The van der Waals surface area contributed by atoms with Crippen LogP contribution in [-0.2, 0) is 6.42 Å². The van der Waals surface area contributed by atoms with Gasteiger partial charge < -0.3 is 5.73 Å². The minimum absolute atomic E-state index is 0.841. The number of nitrogens with zero attached hydrogens (tertiary/aromatic N) is 2. The van der Waals surface area contributed by atoms with E-state index in [0.717, 1.165) is 18.7 Å². The number of hydrogen-bond donors (Lipinski definition) is 1. The summed E-state index contributed by atoms with van der Waals surface area (Å²) >= 11 is 0. The van der Waals surface area contributed by atoms with E-state index < -0.39 is 0 Å². The molecular formula is C13H23N3. The Kier molecular flexibility index (Phi) is 7.60. The van der Waals surface area contributed by atoms with E-state index in [4.69, 9.17) is 5.73 Å². The van der Waals surface area contributed by atoms with Crippen LogP contribution >= 0.6 is 0 Å². The molecule has 16 heavy (non-hydrogen) atoms. The van der Waals surface area contributed by atoms with Crippen LogP contribution < -0.4 is 5.73 Å². The van der Waals surface area contributed by atoms with Crippen molar-refractivity contribution in [2.24, 2.45) is 5.73 Å². The van der Waals surface area contributed by atoms with Gasteiger partial charge in [-0.3, -0.25) is 0 Å². The second kappa shape index (κ2) is 9.28. The highest BCUT2D eigenvalue weighted by atomic mass is 14.8.